The fourth-order valence-electron chi connectivity index (χ4n) is 3.91. The number of nitrogens with zero attached hydrogens (tertiary/aromatic N) is 1. The first kappa shape index (κ1) is 20.8. The van der Waals surface area contributed by atoms with Gasteiger partial charge in [0, 0.05) is 18.2 Å². The highest BCUT2D eigenvalue weighted by molar-refractivity contribution is 6.34. The number of hydrogen-bond acceptors (Lipinski definition) is 4. The molecule has 4 rings (SSSR count). The van der Waals surface area contributed by atoms with Crippen LogP contribution in [0.3, 0.4) is 0 Å². The number of anilines is 3. The molecular formula is C23H20ClN3O4. The molecule has 2 atom stereocenters. The zero-order valence-corrected chi connectivity index (χ0v) is 17.5. The summed E-state index contributed by atoms with van der Waals surface area (Å²) in [6.07, 6.45) is 5.03. The first-order chi connectivity index (χ1) is 14.8. The quantitative estimate of drug-likeness (QED) is 0.558. The van der Waals surface area contributed by atoms with Crippen LogP contribution in [-0.4, -0.2) is 23.6 Å². The molecular weight excluding hydrogens is 418 g/mol. The molecule has 4 amide bonds. The van der Waals surface area contributed by atoms with E-state index < -0.39 is 5.91 Å². The molecule has 2 aliphatic rings. The summed E-state index contributed by atoms with van der Waals surface area (Å²) in [5, 5.41) is 5.66. The Bertz CT molecular complexity index is 1080. The van der Waals surface area contributed by atoms with Crippen molar-refractivity contribution in [2.24, 2.45) is 11.8 Å². The lowest BCUT2D eigenvalue weighted by atomic mass is 9.85. The van der Waals surface area contributed by atoms with Crippen LogP contribution >= 0.6 is 11.6 Å². The van der Waals surface area contributed by atoms with Crippen molar-refractivity contribution in [3.8, 4) is 0 Å². The first-order valence-electron chi connectivity index (χ1n) is 9.86. The molecule has 0 radical (unpaired) electrons. The van der Waals surface area contributed by atoms with Crippen LogP contribution in [-0.2, 0) is 14.4 Å². The van der Waals surface area contributed by atoms with Gasteiger partial charge in [0.1, 0.15) is 0 Å². The fraction of sp³-hybridized carbons (Fsp3) is 0.217. The average Bonchev–Trinajstić information content (AvgIpc) is 3.01. The van der Waals surface area contributed by atoms with Crippen LogP contribution in [0, 0.1) is 11.8 Å². The largest absolute Gasteiger partial charge is 0.326 e. The number of imide groups is 1. The standard InChI is InChI=1S/C23H20ClN3O4/c1-13(28)25-15-8-11-19(24)20(12-15)26-21(29)14-6-9-16(10-7-14)27-22(30)17-4-2-3-5-18(17)23(27)31/h2-3,6-12,17-18H,4-5H2,1H3,(H,25,28)(H,26,29). The molecule has 0 saturated carbocycles. The van der Waals surface area contributed by atoms with Gasteiger partial charge in [-0.05, 0) is 55.3 Å². The lowest BCUT2D eigenvalue weighted by molar-refractivity contribution is -0.122. The van der Waals surface area contributed by atoms with Crippen molar-refractivity contribution in [2.75, 3.05) is 15.5 Å². The Morgan fingerprint density at radius 3 is 2.13 bits per heavy atom. The van der Waals surface area contributed by atoms with Gasteiger partial charge in [-0.15, -0.1) is 0 Å². The van der Waals surface area contributed by atoms with Crippen LogP contribution in [0.25, 0.3) is 0 Å². The van der Waals surface area contributed by atoms with E-state index in [1.54, 1.807) is 42.5 Å². The van der Waals surface area contributed by atoms with E-state index in [2.05, 4.69) is 10.6 Å². The number of amides is 4. The van der Waals surface area contributed by atoms with E-state index in [9.17, 15) is 19.2 Å². The maximum absolute atomic E-state index is 12.7. The third kappa shape index (κ3) is 4.09. The number of carbonyl (C=O) groups is 4. The van der Waals surface area contributed by atoms with Gasteiger partial charge in [0.2, 0.25) is 17.7 Å². The third-order valence-electron chi connectivity index (χ3n) is 5.43. The van der Waals surface area contributed by atoms with Gasteiger partial charge >= 0.3 is 0 Å². The molecule has 1 fully saturated rings. The second-order valence-electron chi connectivity index (χ2n) is 7.54. The van der Waals surface area contributed by atoms with Crippen molar-refractivity contribution in [3.63, 3.8) is 0 Å². The van der Waals surface area contributed by atoms with Crippen molar-refractivity contribution < 1.29 is 19.2 Å². The Morgan fingerprint density at radius 1 is 0.935 bits per heavy atom. The van der Waals surface area contributed by atoms with Gasteiger partial charge in [-0.2, -0.15) is 0 Å². The van der Waals surface area contributed by atoms with Crippen molar-refractivity contribution >= 4 is 52.3 Å². The molecule has 1 aliphatic heterocycles. The van der Waals surface area contributed by atoms with Gasteiger partial charge in [-0.3, -0.25) is 24.1 Å². The summed E-state index contributed by atoms with van der Waals surface area (Å²) < 4.78 is 0. The van der Waals surface area contributed by atoms with E-state index in [0.29, 0.717) is 40.5 Å². The normalized spacial score (nSPS) is 19.9. The summed E-state index contributed by atoms with van der Waals surface area (Å²) in [5.41, 5.74) is 1.64. The van der Waals surface area contributed by atoms with Crippen LogP contribution in [0.5, 0.6) is 0 Å². The Balaban J connectivity index is 1.50. The van der Waals surface area contributed by atoms with Crippen molar-refractivity contribution in [1.82, 2.24) is 0 Å². The minimum Gasteiger partial charge on any atom is -0.326 e. The lowest BCUT2D eigenvalue weighted by Crippen LogP contribution is -2.30. The lowest BCUT2D eigenvalue weighted by Gasteiger charge is -2.15. The molecule has 2 aromatic rings. The van der Waals surface area contributed by atoms with E-state index in [-0.39, 0.29) is 29.6 Å². The molecule has 0 spiro atoms. The van der Waals surface area contributed by atoms with Crippen LogP contribution < -0.4 is 15.5 Å². The van der Waals surface area contributed by atoms with E-state index in [1.807, 2.05) is 12.2 Å². The monoisotopic (exact) mass is 437 g/mol. The maximum atomic E-state index is 12.7. The Hall–Kier alpha value is -3.45. The SMILES string of the molecule is CC(=O)Nc1ccc(Cl)c(NC(=O)c2ccc(N3C(=O)C4CC=CCC4C3=O)cc2)c1. The van der Waals surface area contributed by atoms with Crippen molar-refractivity contribution in [1.29, 1.82) is 0 Å². The molecule has 7 nitrogen and oxygen atoms in total. The van der Waals surface area contributed by atoms with Gasteiger partial charge in [0.25, 0.3) is 5.91 Å². The topological polar surface area (TPSA) is 95.6 Å². The summed E-state index contributed by atoms with van der Waals surface area (Å²) in [7, 11) is 0. The first-order valence-corrected chi connectivity index (χ1v) is 10.2. The van der Waals surface area contributed by atoms with Crippen LogP contribution in [0.4, 0.5) is 17.1 Å². The van der Waals surface area contributed by atoms with Gasteiger partial charge in [0.05, 0.1) is 28.2 Å². The fourth-order valence-corrected chi connectivity index (χ4v) is 4.08. The van der Waals surface area contributed by atoms with E-state index in [0.717, 1.165) is 0 Å². The minimum atomic E-state index is -0.412. The molecule has 0 bridgehead atoms. The van der Waals surface area contributed by atoms with Gasteiger partial charge in [-0.1, -0.05) is 23.8 Å². The predicted molar refractivity (Wildman–Crippen MR) is 118 cm³/mol. The number of rotatable bonds is 4. The number of hydrogen-bond donors (Lipinski definition) is 2. The Kier molecular flexibility index (Phi) is 5.61. The second-order valence-corrected chi connectivity index (χ2v) is 7.95. The predicted octanol–water partition coefficient (Wildman–Crippen LogP) is 4.01. The number of halogens is 1. The van der Waals surface area contributed by atoms with Gasteiger partial charge in [0.15, 0.2) is 0 Å². The summed E-state index contributed by atoms with van der Waals surface area (Å²) in [4.78, 5) is 50.5. The van der Waals surface area contributed by atoms with Crippen molar-refractivity contribution in [2.45, 2.75) is 19.8 Å². The number of fused-ring (bicyclic) bond motifs is 1. The van der Waals surface area contributed by atoms with Gasteiger partial charge < -0.3 is 10.6 Å². The average molecular weight is 438 g/mol. The van der Waals surface area contributed by atoms with E-state index in [1.165, 1.54) is 11.8 Å². The van der Waals surface area contributed by atoms with Crippen LogP contribution in [0.1, 0.15) is 30.1 Å². The molecule has 0 aromatic heterocycles. The molecule has 158 valence electrons. The number of benzene rings is 2. The number of nitrogens with one attached hydrogen (secondary N) is 2. The zero-order chi connectivity index (χ0) is 22.1. The maximum Gasteiger partial charge on any atom is 0.255 e. The summed E-state index contributed by atoms with van der Waals surface area (Å²) in [6, 6.07) is 11.0. The molecule has 1 aliphatic carbocycles. The summed E-state index contributed by atoms with van der Waals surface area (Å²) >= 11 is 6.15. The number of carbonyl (C=O) groups excluding carboxylic acids is 4. The van der Waals surface area contributed by atoms with Gasteiger partial charge in [-0.25, -0.2) is 0 Å². The highest BCUT2D eigenvalue weighted by atomic mass is 35.5. The Labute approximate surface area is 184 Å². The number of allylic oxidation sites excluding steroid dienone is 2. The molecule has 31 heavy (non-hydrogen) atoms. The molecule has 1 heterocycles. The highest BCUT2D eigenvalue weighted by Gasteiger charge is 2.47. The zero-order valence-electron chi connectivity index (χ0n) is 16.7. The molecule has 2 aromatic carbocycles. The van der Waals surface area contributed by atoms with Crippen LogP contribution in [0.15, 0.2) is 54.6 Å². The smallest absolute Gasteiger partial charge is 0.255 e. The highest BCUT2D eigenvalue weighted by Crippen LogP contribution is 2.37. The second kappa shape index (κ2) is 8.35. The summed E-state index contributed by atoms with van der Waals surface area (Å²) in [5.74, 6) is -1.66. The van der Waals surface area contributed by atoms with Crippen LogP contribution in [0.2, 0.25) is 5.02 Å². The third-order valence-corrected chi connectivity index (χ3v) is 5.76. The minimum absolute atomic E-state index is 0.196. The van der Waals surface area contributed by atoms with E-state index in [4.69, 9.17) is 11.6 Å². The molecule has 2 N–H and O–H groups in total. The molecule has 1 saturated heterocycles. The van der Waals surface area contributed by atoms with E-state index >= 15 is 0 Å². The molecule has 8 heteroatoms. The Morgan fingerprint density at radius 2 is 1.55 bits per heavy atom. The summed E-state index contributed by atoms with van der Waals surface area (Å²) in [6.45, 7) is 1.38. The molecule has 2 unspecified atom stereocenters. The van der Waals surface area contributed by atoms with Crippen molar-refractivity contribution in [3.05, 3.63) is 65.2 Å².